The van der Waals surface area contributed by atoms with Crippen LogP contribution >= 0.6 is 0 Å². The van der Waals surface area contributed by atoms with E-state index in [1.807, 2.05) is 18.3 Å². The molecule has 3 aliphatic rings. The topological polar surface area (TPSA) is 45.7 Å². The summed E-state index contributed by atoms with van der Waals surface area (Å²) >= 11 is 0. The van der Waals surface area contributed by atoms with E-state index in [1.54, 1.807) is 7.11 Å². The summed E-state index contributed by atoms with van der Waals surface area (Å²) in [4.78, 5) is 22.0. The molecule has 1 aliphatic carbocycles. The van der Waals surface area contributed by atoms with Gasteiger partial charge in [0.15, 0.2) is 0 Å². The molecule has 3 fully saturated rings. The van der Waals surface area contributed by atoms with Crippen molar-refractivity contribution in [3.05, 3.63) is 30.1 Å². The van der Waals surface area contributed by atoms with Crippen molar-refractivity contribution in [2.45, 2.75) is 32.2 Å². The van der Waals surface area contributed by atoms with Crippen LogP contribution in [0.1, 0.15) is 31.4 Å². The van der Waals surface area contributed by atoms with Crippen molar-refractivity contribution >= 4 is 5.91 Å². The van der Waals surface area contributed by atoms with Crippen LogP contribution in [-0.4, -0.2) is 60.6 Å². The zero-order valence-corrected chi connectivity index (χ0v) is 15.2. The molecule has 2 aliphatic heterocycles. The van der Waals surface area contributed by atoms with Gasteiger partial charge in [-0.25, -0.2) is 0 Å². The SMILES string of the molecule is COCC1C(=O)N(CC2CC2)CC12CCN(Cc1ccccn1)CC2. The first-order valence-electron chi connectivity index (χ1n) is 9.60. The fourth-order valence-corrected chi connectivity index (χ4v) is 4.62. The first-order valence-corrected chi connectivity index (χ1v) is 9.60. The second kappa shape index (κ2) is 7.04. The third-order valence-corrected chi connectivity index (χ3v) is 6.33. The number of hydrogen-bond acceptors (Lipinski definition) is 4. The molecule has 0 aromatic carbocycles. The predicted molar refractivity (Wildman–Crippen MR) is 95.9 cm³/mol. The fraction of sp³-hybridized carbons (Fsp3) is 0.700. The van der Waals surface area contributed by atoms with Crippen LogP contribution in [0.4, 0.5) is 0 Å². The number of hydrogen-bond donors (Lipinski definition) is 0. The number of carbonyl (C=O) groups is 1. The molecule has 1 amide bonds. The molecular formula is C20H29N3O2. The molecule has 2 saturated heterocycles. The molecule has 0 bridgehead atoms. The minimum absolute atomic E-state index is 0.0493. The lowest BCUT2D eigenvalue weighted by atomic mass is 9.71. The van der Waals surface area contributed by atoms with Crippen molar-refractivity contribution < 1.29 is 9.53 Å². The number of aromatic nitrogens is 1. The van der Waals surface area contributed by atoms with Crippen molar-refractivity contribution in [1.29, 1.82) is 0 Å². The van der Waals surface area contributed by atoms with E-state index in [1.165, 1.54) is 12.8 Å². The van der Waals surface area contributed by atoms with Gasteiger partial charge in [-0.1, -0.05) is 6.07 Å². The minimum Gasteiger partial charge on any atom is -0.384 e. The van der Waals surface area contributed by atoms with E-state index in [4.69, 9.17) is 4.74 Å². The zero-order valence-electron chi connectivity index (χ0n) is 15.2. The van der Waals surface area contributed by atoms with Crippen LogP contribution < -0.4 is 0 Å². The second-order valence-corrected chi connectivity index (χ2v) is 8.13. The summed E-state index contributed by atoms with van der Waals surface area (Å²) in [6, 6.07) is 6.10. The summed E-state index contributed by atoms with van der Waals surface area (Å²) in [5, 5.41) is 0. The maximum absolute atomic E-state index is 12.9. The van der Waals surface area contributed by atoms with Gasteiger partial charge in [0.25, 0.3) is 0 Å². The number of nitrogens with zero attached hydrogens (tertiary/aromatic N) is 3. The molecule has 4 rings (SSSR count). The van der Waals surface area contributed by atoms with Crippen LogP contribution in [0.2, 0.25) is 0 Å². The van der Waals surface area contributed by atoms with Crippen molar-refractivity contribution in [3.8, 4) is 0 Å². The van der Waals surface area contributed by atoms with E-state index in [-0.39, 0.29) is 11.3 Å². The van der Waals surface area contributed by atoms with Gasteiger partial charge >= 0.3 is 0 Å². The van der Waals surface area contributed by atoms with Crippen LogP contribution in [0.5, 0.6) is 0 Å². The number of likely N-dealkylation sites (tertiary alicyclic amines) is 2. The Bertz CT molecular complexity index is 594. The van der Waals surface area contributed by atoms with E-state index in [0.29, 0.717) is 12.5 Å². The van der Waals surface area contributed by atoms with Gasteiger partial charge in [0.2, 0.25) is 5.91 Å². The standard InChI is InChI=1S/C20H29N3O2/c1-25-14-18-19(24)23(12-16-5-6-16)15-20(18)7-10-22(11-8-20)13-17-4-2-3-9-21-17/h2-4,9,16,18H,5-8,10-15H2,1H3. The number of ether oxygens (including phenoxy) is 1. The summed E-state index contributed by atoms with van der Waals surface area (Å²) in [6.45, 7) is 5.47. The molecule has 1 saturated carbocycles. The summed E-state index contributed by atoms with van der Waals surface area (Å²) in [5.74, 6) is 1.15. The van der Waals surface area contributed by atoms with E-state index >= 15 is 0 Å². The number of pyridine rings is 1. The third kappa shape index (κ3) is 3.58. The van der Waals surface area contributed by atoms with Crippen LogP contribution in [0.25, 0.3) is 0 Å². The Balaban J connectivity index is 1.41. The van der Waals surface area contributed by atoms with Gasteiger partial charge < -0.3 is 9.64 Å². The molecule has 5 heteroatoms. The summed E-state index contributed by atoms with van der Waals surface area (Å²) in [5.41, 5.74) is 1.24. The van der Waals surface area contributed by atoms with E-state index in [9.17, 15) is 4.79 Å². The highest BCUT2D eigenvalue weighted by molar-refractivity contribution is 5.82. The second-order valence-electron chi connectivity index (χ2n) is 8.13. The third-order valence-electron chi connectivity index (χ3n) is 6.33. The monoisotopic (exact) mass is 343 g/mol. The largest absolute Gasteiger partial charge is 0.384 e. The molecular weight excluding hydrogens is 314 g/mol. The van der Waals surface area contributed by atoms with Crippen molar-refractivity contribution in [1.82, 2.24) is 14.8 Å². The number of carbonyl (C=O) groups excluding carboxylic acids is 1. The van der Waals surface area contributed by atoms with Crippen molar-refractivity contribution in [3.63, 3.8) is 0 Å². The average Bonchev–Trinajstić information content (AvgIpc) is 3.41. The molecule has 1 aromatic rings. The Morgan fingerprint density at radius 1 is 1.28 bits per heavy atom. The van der Waals surface area contributed by atoms with Crippen molar-refractivity contribution in [2.24, 2.45) is 17.3 Å². The van der Waals surface area contributed by atoms with Crippen LogP contribution in [0.3, 0.4) is 0 Å². The highest BCUT2D eigenvalue weighted by Gasteiger charge is 2.53. The van der Waals surface area contributed by atoms with Gasteiger partial charge in [-0.05, 0) is 56.8 Å². The molecule has 5 nitrogen and oxygen atoms in total. The fourth-order valence-electron chi connectivity index (χ4n) is 4.62. The average molecular weight is 343 g/mol. The Labute approximate surface area is 150 Å². The van der Waals surface area contributed by atoms with E-state index in [2.05, 4.69) is 20.9 Å². The first kappa shape index (κ1) is 17.0. The lowest BCUT2D eigenvalue weighted by molar-refractivity contribution is -0.133. The molecule has 136 valence electrons. The van der Waals surface area contributed by atoms with Crippen LogP contribution in [0, 0.1) is 17.3 Å². The van der Waals surface area contributed by atoms with Gasteiger partial charge in [-0.3, -0.25) is 14.7 Å². The van der Waals surface area contributed by atoms with Gasteiger partial charge in [0, 0.05) is 38.4 Å². The minimum atomic E-state index is 0.0493. The number of piperidine rings is 1. The van der Waals surface area contributed by atoms with Gasteiger partial charge in [-0.15, -0.1) is 0 Å². The summed E-state index contributed by atoms with van der Waals surface area (Å²) < 4.78 is 5.44. The Kier molecular flexibility index (Phi) is 4.78. The van der Waals surface area contributed by atoms with Crippen molar-refractivity contribution in [2.75, 3.05) is 39.9 Å². The van der Waals surface area contributed by atoms with Gasteiger partial charge in [0.1, 0.15) is 0 Å². The summed E-state index contributed by atoms with van der Waals surface area (Å²) in [6.07, 6.45) is 6.62. The molecule has 1 spiro atoms. The Morgan fingerprint density at radius 3 is 2.72 bits per heavy atom. The molecule has 0 N–H and O–H groups in total. The molecule has 1 aromatic heterocycles. The van der Waals surface area contributed by atoms with Crippen LogP contribution in [-0.2, 0) is 16.1 Å². The maximum Gasteiger partial charge on any atom is 0.228 e. The molecule has 3 heterocycles. The summed E-state index contributed by atoms with van der Waals surface area (Å²) in [7, 11) is 1.72. The highest BCUT2D eigenvalue weighted by Crippen LogP contribution is 2.46. The smallest absolute Gasteiger partial charge is 0.228 e. The molecule has 1 unspecified atom stereocenters. The Hall–Kier alpha value is -1.46. The lowest BCUT2D eigenvalue weighted by Gasteiger charge is -2.41. The highest BCUT2D eigenvalue weighted by atomic mass is 16.5. The van der Waals surface area contributed by atoms with Gasteiger partial charge in [0.05, 0.1) is 18.2 Å². The maximum atomic E-state index is 12.9. The lowest BCUT2D eigenvalue weighted by Crippen LogP contribution is -2.45. The Morgan fingerprint density at radius 2 is 2.08 bits per heavy atom. The van der Waals surface area contributed by atoms with Crippen LogP contribution in [0.15, 0.2) is 24.4 Å². The molecule has 25 heavy (non-hydrogen) atoms. The quantitative estimate of drug-likeness (QED) is 0.794. The van der Waals surface area contributed by atoms with E-state index < -0.39 is 0 Å². The molecule has 0 radical (unpaired) electrons. The van der Waals surface area contributed by atoms with Gasteiger partial charge in [-0.2, -0.15) is 0 Å². The predicted octanol–water partition coefficient (Wildman–Crippen LogP) is 2.18. The number of methoxy groups -OCH3 is 1. The first-order chi connectivity index (χ1) is 12.2. The number of rotatable bonds is 6. The zero-order chi connectivity index (χ0) is 17.3. The number of amides is 1. The normalized spacial score (nSPS) is 26.5. The molecule has 1 atom stereocenters. The van der Waals surface area contributed by atoms with E-state index in [0.717, 1.165) is 57.2 Å².